The van der Waals surface area contributed by atoms with Crippen molar-refractivity contribution in [1.29, 1.82) is 0 Å². The Balaban J connectivity index is 1.88. The largest absolute Gasteiger partial charge is 0.481 e. The van der Waals surface area contributed by atoms with Crippen molar-refractivity contribution in [2.75, 3.05) is 0 Å². The fourth-order valence-corrected chi connectivity index (χ4v) is 2.60. The predicted molar refractivity (Wildman–Crippen MR) is 73.9 cm³/mol. The molecular weight excluding hydrogens is 256 g/mol. The molecule has 1 saturated carbocycles. The van der Waals surface area contributed by atoms with E-state index in [0.717, 1.165) is 5.56 Å². The van der Waals surface area contributed by atoms with E-state index in [2.05, 4.69) is 0 Å². The van der Waals surface area contributed by atoms with Crippen LogP contribution in [-0.2, 0) is 20.9 Å². The minimum Gasteiger partial charge on any atom is -0.481 e. The minimum atomic E-state index is -0.760. The first-order chi connectivity index (χ1) is 9.51. The highest BCUT2D eigenvalue weighted by Gasteiger charge is 2.40. The van der Waals surface area contributed by atoms with Crippen LogP contribution in [0.3, 0.4) is 0 Å². The van der Waals surface area contributed by atoms with Gasteiger partial charge in [-0.2, -0.15) is 0 Å². The Labute approximate surface area is 118 Å². The van der Waals surface area contributed by atoms with Crippen molar-refractivity contribution in [2.45, 2.75) is 39.2 Å². The van der Waals surface area contributed by atoms with E-state index in [9.17, 15) is 9.59 Å². The van der Waals surface area contributed by atoms with Gasteiger partial charge in [-0.05, 0) is 38.2 Å². The topological polar surface area (TPSA) is 63.6 Å². The maximum atomic E-state index is 12.2. The van der Waals surface area contributed by atoms with Gasteiger partial charge in [0.15, 0.2) is 0 Å². The minimum absolute atomic E-state index is 0.217. The number of carboxylic acid groups (broad SMARTS) is 1. The molecule has 0 atom stereocenters. The molecule has 108 valence electrons. The highest BCUT2D eigenvalue weighted by atomic mass is 16.5. The molecule has 1 aromatic rings. The number of ether oxygens (including phenoxy) is 1. The molecule has 2 rings (SSSR count). The monoisotopic (exact) mass is 276 g/mol. The lowest BCUT2D eigenvalue weighted by Gasteiger charge is -2.33. The van der Waals surface area contributed by atoms with Gasteiger partial charge in [-0.15, -0.1) is 0 Å². The number of carboxylic acids is 1. The Morgan fingerprint density at radius 1 is 1.25 bits per heavy atom. The summed E-state index contributed by atoms with van der Waals surface area (Å²) in [7, 11) is 0. The average molecular weight is 276 g/mol. The van der Waals surface area contributed by atoms with Crippen molar-refractivity contribution in [2.24, 2.45) is 11.3 Å². The molecule has 1 fully saturated rings. The molecule has 0 amide bonds. The Morgan fingerprint density at radius 2 is 1.85 bits per heavy atom. The SMILES string of the molecule is CC1(C(=O)OCc2ccccc2)CCC(C(=O)O)CC1. The van der Waals surface area contributed by atoms with Crippen molar-refractivity contribution < 1.29 is 19.4 Å². The van der Waals surface area contributed by atoms with Crippen molar-refractivity contribution in [3.63, 3.8) is 0 Å². The van der Waals surface area contributed by atoms with E-state index in [1.807, 2.05) is 37.3 Å². The van der Waals surface area contributed by atoms with Gasteiger partial charge in [-0.1, -0.05) is 30.3 Å². The van der Waals surface area contributed by atoms with Gasteiger partial charge in [0.05, 0.1) is 11.3 Å². The summed E-state index contributed by atoms with van der Waals surface area (Å²) in [4.78, 5) is 23.1. The molecule has 1 aliphatic rings. The smallest absolute Gasteiger partial charge is 0.312 e. The number of carbonyl (C=O) groups is 2. The fourth-order valence-electron chi connectivity index (χ4n) is 2.60. The lowest BCUT2D eigenvalue weighted by atomic mass is 9.72. The predicted octanol–water partition coefficient (Wildman–Crippen LogP) is 3.01. The number of aliphatic carboxylic acids is 1. The molecular formula is C16H20O4. The van der Waals surface area contributed by atoms with Gasteiger partial charge in [0.25, 0.3) is 0 Å². The number of hydrogen-bond acceptors (Lipinski definition) is 3. The Kier molecular flexibility index (Phi) is 4.42. The zero-order valence-corrected chi connectivity index (χ0v) is 11.7. The molecule has 20 heavy (non-hydrogen) atoms. The lowest BCUT2D eigenvalue weighted by molar-refractivity contribution is -0.161. The Bertz CT molecular complexity index is 473. The lowest BCUT2D eigenvalue weighted by Crippen LogP contribution is -2.35. The van der Waals surface area contributed by atoms with Gasteiger partial charge in [-0.25, -0.2) is 0 Å². The van der Waals surface area contributed by atoms with E-state index >= 15 is 0 Å². The van der Waals surface area contributed by atoms with E-state index in [-0.39, 0.29) is 18.5 Å². The van der Waals surface area contributed by atoms with Gasteiger partial charge in [0.1, 0.15) is 6.61 Å². The molecule has 4 nitrogen and oxygen atoms in total. The third kappa shape index (κ3) is 3.38. The summed E-state index contributed by atoms with van der Waals surface area (Å²) in [5, 5.41) is 8.98. The number of esters is 1. The molecule has 0 spiro atoms. The van der Waals surface area contributed by atoms with Crippen LogP contribution in [0.15, 0.2) is 30.3 Å². The maximum Gasteiger partial charge on any atom is 0.312 e. The molecule has 1 N–H and O–H groups in total. The van der Waals surface area contributed by atoms with Crippen LogP contribution < -0.4 is 0 Å². The summed E-state index contributed by atoms with van der Waals surface area (Å²) in [5.41, 5.74) is 0.421. The highest BCUT2D eigenvalue weighted by molar-refractivity contribution is 5.77. The van der Waals surface area contributed by atoms with Crippen molar-refractivity contribution in [3.8, 4) is 0 Å². The molecule has 0 radical (unpaired) electrons. The molecule has 0 bridgehead atoms. The first kappa shape index (κ1) is 14.6. The molecule has 4 heteroatoms. The normalized spacial score (nSPS) is 25.9. The molecule has 1 aromatic carbocycles. The fraction of sp³-hybridized carbons (Fsp3) is 0.500. The van der Waals surface area contributed by atoms with Crippen molar-refractivity contribution in [1.82, 2.24) is 0 Å². The summed E-state index contributed by atoms with van der Waals surface area (Å²) in [6.45, 7) is 2.15. The number of hydrogen-bond donors (Lipinski definition) is 1. The highest BCUT2D eigenvalue weighted by Crippen LogP contribution is 2.39. The van der Waals surface area contributed by atoms with E-state index in [0.29, 0.717) is 25.7 Å². The summed E-state index contributed by atoms with van der Waals surface area (Å²) in [6, 6.07) is 9.56. The third-order valence-electron chi connectivity index (χ3n) is 4.14. The molecule has 0 unspecified atom stereocenters. The van der Waals surface area contributed by atoms with Crippen LogP contribution in [0, 0.1) is 11.3 Å². The van der Waals surface area contributed by atoms with Crippen LogP contribution in [0.25, 0.3) is 0 Å². The molecule has 0 heterocycles. The zero-order valence-electron chi connectivity index (χ0n) is 11.7. The van der Waals surface area contributed by atoms with E-state index in [4.69, 9.17) is 9.84 Å². The van der Waals surface area contributed by atoms with Crippen LogP contribution in [0.4, 0.5) is 0 Å². The molecule has 0 aliphatic heterocycles. The zero-order chi connectivity index (χ0) is 14.6. The van der Waals surface area contributed by atoms with E-state index < -0.39 is 11.4 Å². The van der Waals surface area contributed by atoms with Crippen LogP contribution in [0.2, 0.25) is 0 Å². The molecule has 1 aliphatic carbocycles. The first-order valence-corrected chi connectivity index (χ1v) is 6.95. The summed E-state index contributed by atoms with van der Waals surface area (Å²) >= 11 is 0. The second kappa shape index (κ2) is 6.07. The van der Waals surface area contributed by atoms with Crippen LogP contribution in [-0.4, -0.2) is 17.0 Å². The summed E-state index contributed by atoms with van der Waals surface area (Å²) in [5.74, 6) is -1.29. The van der Waals surface area contributed by atoms with Crippen molar-refractivity contribution in [3.05, 3.63) is 35.9 Å². The van der Waals surface area contributed by atoms with Gasteiger partial charge in [-0.3, -0.25) is 9.59 Å². The Hall–Kier alpha value is -1.84. The van der Waals surface area contributed by atoms with Gasteiger partial charge < -0.3 is 9.84 Å². The summed E-state index contributed by atoms with van der Waals surface area (Å²) < 4.78 is 5.38. The molecule has 0 aromatic heterocycles. The number of benzene rings is 1. The number of rotatable bonds is 4. The second-order valence-corrected chi connectivity index (χ2v) is 5.73. The second-order valence-electron chi connectivity index (χ2n) is 5.73. The van der Waals surface area contributed by atoms with Gasteiger partial charge >= 0.3 is 11.9 Å². The van der Waals surface area contributed by atoms with E-state index in [1.54, 1.807) is 0 Å². The van der Waals surface area contributed by atoms with Gasteiger partial charge in [0, 0.05) is 0 Å². The van der Waals surface area contributed by atoms with Crippen LogP contribution in [0.5, 0.6) is 0 Å². The average Bonchev–Trinajstić information content (AvgIpc) is 2.46. The Morgan fingerprint density at radius 3 is 2.40 bits per heavy atom. The van der Waals surface area contributed by atoms with Crippen molar-refractivity contribution >= 4 is 11.9 Å². The third-order valence-corrected chi connectivity index (χ3v) is 4.14. The van der Waals surface area contributed by atoms with Crippen LogP contribution in [0.1, 0.15) is 38.2 Å². The molecule has 0 saturated heterocycles. The maximum absolute atomic E-state index is 12.2. The number of carbonyl (C=O) groups excluding carboxylic acids is 1. The first-order valence-electron chi connectivity index (χ1n) is 6.95. The summed E-state index contributed by atoms with van der Waals surface area (Å²) in [6.07, 6.45) is 2.26. The van der Waals surface area contributed by atoms with E-state index in [1.165, 1.54) is 0 Å². The quantitative estimate of drug-likeness (QED) is 0.859. The van der Waals surface area contributed by atoms with Crippen LogP contribution >= 0.6 is 0 Å². The standard InChI is InChI=1S/C16H20O4/c1-16(9-7-13(8-10-16)14(17)18)15(19)20-11-12-5-3-2-4-6-12/h2-6,13H,7-11H2,1H3,(H,17,18). The van der Waals surface area contributed by atoms with Gasteiger partial charge in [0.2, 0.25) is 0 Å².